The summed E-state index contributed by atoms with van der Waals surface area (Å²) in [6.07, 6.45) is 0.100. The number of hydrogen-bond acceptors (Lipinski definition) is 10. The maximum Gasteiger partial charge on any atom is 0.328 e. The minimum atomic E-state index is -1.05. The van der Waals surface area contributed by atoms with Gasteiger partial charge in [0.25, 0.3) is 5.91 Å². The summed E-state index contributed by atoms with van der Waals surface area (Å²) in [5.41, 5.74) is -0.160. The van der Waals surface area contributed by atoms with Gasteiger partial charge in [-0.1, -0.05) is 32.0 Å². The van der Waals surface area contributed by atoms with E-state index >= 15 is 0 Å². The summed E-state index contributed by atoms with van der Waals surface area (Å²) < 4.78 is 32.5. The molecule has 0 aliphatic rings. The second-order valence-corrected chi connectivity index (χ2v) is 8.35. The zero-order valence-electron chi connectivity index (χ0n) is 21.9. The molecule has 11 heteroatoms. The predicted molar refractivity (Wildman–Crippen MR) is 132 cm³/mol. The van der Waals surface area contributed by atoms with Crippen LogP contribution in [0.2, 0.25) is 0 Å². The Morgan fingerprint density at radius 3 is 2.32 bits per heavy atom. The third-order valence-corrected chi connectivity index (χ3v) is 5.11. The third-order valence-electron chi connectivity index (χ3n) is 5.11. The van der Waals surface area contributed by atoms with Crippen molar-refractivity contribution in [1.82, 2.24) is 10.3 Å². The fraction of sp³-hybridized carbons (Fsp3) is 0.462. The maximum atomic E-state index is 13.0. The first-order chi connectivity index (χ1) is 17.7. The van der Waals surface area contributed by atoms with Crippen LogP contribution in [0.5, 0.6) is 17.2 Å². The van der Waals surface area contributed by atoms with E-state index in [4.69, 9.17) is 28.4 Å². The molecule has 0 saturated carbocycles. The monoisotopic (exact) mass is 518 g/mol. The van der Waals surface area contributed by atoms with Crippen molar-refractivity contribution >= 4 is 17.8 Å². The van der Waals surface area contributed by atoms with Gasteiger partial charge in [-0.2, -0.15) is 0 Å². The fourth-order valence-electron chi connectivity index (χ4n) is 3.30. The molecule has 0 fully saturated rings. The Hall–Kier alpha value is -3.86. The smallest absolute Gasteiger partial charge is 0.328 e. The molecule has 2 rings (SSSR count). The molecule has 2 aromatic rings. The number of nitrogens with one attached hydrogen (secondary N) is 1. The van der Waals surface area contributed by atoms with Crippen molar-refractivity contribution in [2.45, 2.75) is 45.9 Å². The molecule has 37 heavy (non-hydrogen) atoms. The van der Waals surface area contributed by atoms with Crippen molar-refractivity contribution in [2.75, 3.05) is 27.6 Å². The number of benzene rings is 1. The molecule has 11 nitrogen and oxygen atoms in total. The number of aromatic nitrogens is 1. The van der Waals surface area contributed by atoms with E-state index in [1.807, 2.05) is 44.2 Å². The minimum absolute atomic E-state index is 0.0176. The first-order valence-electron chi connectivity index (χ1n) is 11.7. The molecule has 3 atom stereocenters. The lowest BCUT2D eigenvalue weighted by Gasteiger charge is -2.31. The molecule has 0 saturated heterocycles. The summed E-state index contributed by atoms with van der Waals surface area (Å²) in [5, 5.41) is 2.55. The van der Waals surface area contributed by atoms with Crippen LogP contribution in [-0.4, -0.2) is 68.7 Å². The van der Waals surface area contributed by atoms with E-state index < -0.39 is 42.9 Å². The van der Waals surface area contributed by atoms with Crippen molar-refractivity contribution in [3.05, 3.63) is 48.3 Å². The second kappa shape index (κ2) is 14.6. The average molecular weight is 519 g/mol. The summed E-state index contributed by atoms with van der Waals surface area (Å²) in [7, 11) is 2.88. The van der Waals surface area contributed by atoms with Gasteiger partial charge in [-0.3, -0.25) is 9.59 Å². The van der Waals surface area contributed by atoms with Crippen LogP contribution in [0.25, 0.3) is 0 Å². The molecule has 0 unspecified atom stereocenters. The summed E-state index contributed by atoms with van der Waals surface area (Å²) >= 11 is 0. The number of methoxy groups -OCH3 is 2. The van der Waals surface area contributed by atoms with Crippen LogP contribution in [0.3, 0.4) is 0 Å². The first-order valence-corrected chi connectivity index (χ1v) is 11.7. The fourth-order valence-corrected chi connectivity index (χ4v) is 3.30. The van der Waals surface area contributed by atoms with Gasteiger partial charge in [0, 0.05) is 26.3 Å². The van der Waals surface area contributed by atoms with E-state index in [0.717, 1.165) is 0 Å². The van der Waals surface area contributed by atoms with Crippen LogP contribution in [0.1, 0.15) is 38.2 Å². The van der Waals surface area contributed by atoms with Crippen molar-refractivity contribution < 1.29 is 42.8 Å². The van der Waals surface area contributed by atoms with E-state index in [-0.39, 0.29) is 29.7 Å². The normalized spacial score (nSPS) is 13.2. The van der Waals surface area contributed by atoms with Gasteiger partial charge in [0.15, 0.2) is 23.3 Å². The van der Waals surface area contributed by atoms with Crippen LogP contribution < -0.4 is 19.5 Å². The van der Waals surface area contributed by atoms with Gasteiger partial charge in [0.2, 0.25) is 6.79 Å². The molecule has 0 aliphatic carbocycles. The Morgan fingerprint density at radius 2 is 1.73 bits per heavy atom. The molecular weight excluding hydrogens is 484 g/mol. The van der Waals surface area contributed by atoms with Gasteiger partial charge in [-0.05, 0) is 25.0 Å². The van der Waals surface area contributed by atoms with Crippen molar-refractivity contribution in [3.63, 3.8) is 0 Å². The van der Waals surface area contributed by atoms with E-state index in [1.165, 1.54) is 40.3 Å². The highest BCUT2D eigenvalue weighted by Gasteiger charge is 2.32. The average Bonchev–Trinajstić information content (AvgIpc) is 2.87. The summed E-state index contributed by atoms with van der Waals surface area (Å²) in [5.74, 6) is -1.21. The largest absolute Gasteiger partial charge is 0.493 e. The van der Waals surface area contributed by atoms with E-state index in [9.17, 15) is 14.4 Å². The SMILES string of the molecule is COC[C@H](OC(=O)[C@H](C)NC(=O)c1nccc(OC)c1OCOC(C)=O)[C@H](Oc1ccccc1)C(C)C. The van der Waals surface area contributed by atoms with Crippen LogP contribution in [0.15, 0.2) is 42.6 Å². The Morgan fingerprint density at radius 1 is 1.03 bits per heavy atom. The number of hydrogen-bond donors (Lipinski definition) is 1. The summed E-state index contributed by atoms with van der Waals surface area (Å²) in [4.78, 5) is 41.0. The molecular formula is C26H34N2O9. The van der Waals surface area contributed by atoms with Crippen LogP contribution in [0, 0.1) is 5.92 Å². The molecule has 0 radical (unpaired) electrons. The number of esters is 2. The summed E-state index contributed by atoms with van der Waals surface area (Å²) in [6, 6.07) is 9.62. The molecule has 1 aromatic heterocycles. The quantitative estimate of drug-likeness (QED) is 0.294. The van der Waals surface area contributed by atoms with Gasteiger partial charge in [0.1, 0.15) is 17.9 Å². The van der Waals surface area contributed by atoms with Crippen LogP contribution in [0.4, 0.5) is 0 Å². The zero-order valence-corrected chi connectivity index (χ0v) is 21.9. The number of pyridine rings is 1. The van der Waals surface area contributed by atoms with Gasteiger partial charge in [-0.25, -0.2) is 9.78 Å². The zero-order chi connectivity index (χ0) is 27.4. The first kappa shape index (κ1) is 29.4. The van der Waals surface area contributed by atoms with Crippen molar-refractivity contribution in [2.24, 2.45) is 5.92 Å². The topological polar surface area (TPSA) is 132 Å². The second-order valence-electron chi connectivity index (χ2n) is 8.35. The minimum Gasteiger partial charge on any atom is -0.493 e. The molecule has 1 N–H and O–H groups in total. The maximum absolute atomic E-state index is 13.0. The van der Waals surface area contributed by atoms with Crippen molar-refractivity contribution in [1.29, 1.82) is 0 Å². The number of amides is 1. The predicted octanol–water partition coefficient (Wildman–Crippen LogP) is 2.77. The van der Waals surface area contributed by atoms with Crippen molar-refractivity contribution in [3.8, 4) is 17.2 Å². The molecule has 0 aliphatic heterocycles. The highest BCUT2D eigenvalue weighted by Crippen LogP contribution is 2.29. The highest BCUT2D eigenvalue weighted by atomic mass is 16.7. The molecule has 0 bridgehead atoms. The Labute approximate surface area is 216 Å². The van der Waals surface area contributed by atoms with Crippen LogP contribution in [-0.2, 0) is 23.8 Å². The lowest BCUT2D eigenvalue weighted by Crippen LogP contribution is -2.47. The molecule has 1 aromatic carbocycles. The third kappa shape index (κ3) is 8.94. The van der Waals surface area contributed by atoms with E-state index in [1.54, 1.807) is 0 Å². The lowest BCUT2D eigenvalue weighted by molar-refractivity contribution is -0.161. The van der Waals surface area contributed by atoms with E-state index in [0.29, 0.717) is 5.75 Å². The number of ether oxygens (including phenoxy) is 6. The van der Waals surface area contributed by atoms with Gasteiger partial charge >= 0.3 is 11.9 Å². The number of para-hydroxylation sites is 1. The lowest BCUT2D eigenvalue weighted by atomic mass is 10.0. The Bertz CT molecular complexity index is 1030. The molecule has 0 spiro atoms. The molecule has 1 amide bonds. The van der Waals surface area contributed by atoms with Gasteiger partial charge in [-0.15, -0.1) is 0 Å². The number of carbonyl (C=O) groups excluding carboxylic acids is 3. The number of nitrogens with zero attached hydrogens (tertiary/aromatic N) is 1. The van der Waals surface area contributed by atoms with Crippen LogP contribution >= 0.6 is 0 Å². The molecule has 1 heterocycles. The number of rotatable bonds is 14. The molecule has 202 valence electrons. The highest BCUT2D eigenvalue weighted by molar-refractivity contribution is 5.98. The summed E-state index contributed by atoms with van der Waals surface area (Å²) in [6.45, 7) is 6.23. The Balaban J connectivity index is 2.13. The number of carbonyl (C=O) groups is 3. The van der Waals surface area contributed by atoms with E-state index in [2.05, 4.69) is 10.3 Å². The van der Waals surface area contributed by atoms with Gasteiger partial charge in [0.05, 0.1) is 13.7 Å². The van der Waals surface area contributed by atoms with Gasteiger partial charge < -0.3 is 33.7 Å². The standard InChI is InChI=1S/C26H34N2O9/c1-16(2)23(36-19-10-8-7-9-11-19)21(14-32-5)37-26(31)17(3)28-25(30)22-24(35-15-34-18(4)29)20(33-6)12-13-27-22/h7-13,16-17,21,23H,14-15H2,1-6H3,(H,28,30)/t17-,21-,23+/m0/s1. The Kier molecular flexibility index (Phi) is 11.6.